The third kappa shape index (κ3) is 3.67. The van der Waals surface area contributed by atoms with Crippen LogP contribution in [0, 0.1) is 12.7 Å². The minimum absolute atomic E-state index is 0.0723. The molecule has 4 nitrogen and oxygen atoms in total. The van der Waals surface area contributed by atoms with Crippen molar-refractivity contribution < 1.29 is 9.18 Å². The van der Waals surface area contributed by atoms with Gasteiger partial charge in [0.05, 0.1) is 6.20 Å². The quantitative estimate of drug-likeness (QED) is 0.902. The largest absolute Gasteiger partial charge is 0.325 e. The summed E-state index contributed by atoms with van der Waals surface area (Å²) >= 11 is 0. The number of rotatable bonds is 2. The summed E-state index contributed by atoms with van der Waals surface area (Å²) in [6.45, 7) is 3.56. The molecule has 0 unspecified atom stereocenters. The molecule has 1 fully saturated rings. The van der Waals surface area contributed by atoms with Gasteiger partial charge in [0.25, 0.3) is 0 Å². The number of benzene rings is 1. The lowest BCUT2D eigenvalue weighted by Gasteiger charge is -2.27. The number of anilines is 1. The zero-order valence-electron chi connectivity index (χ0n) is 13.2. The van der Waals surface area contributed by atoms with E-state index in [1.165, 1.54) is 18.7 Å². The molecule has 2 heterocycles. The molecular formula is C18H20FN3O. The number of hydrogen-bond donors (Lipinski definition) is 1. The van der Waals surface area contributed by atoms with Gasteiger partial charge in [0, 0.05) is 30.5 Å². The second-order valence-electron chi connectivity index (χ2n) is 5.90. The number of piperidine rings is 1. The molecule has 0 spiro atoms. The normalized spacial score (nSPS) is 14.6. The Labute approximate surface area is 135 Å². The van der Waals surface area contributed by atoms with Gasteiger partial charge in [-0.25, -0.2) is 9.18 Å². The molecule has 1 aliphatic rings. The van der Waals surface area contributed by atoms with Gasteiger partial charge in [0.1, 0.15) is 5.82 Å². The molecule has 0 saturated carbocycles. The van der Waals surface area contributed by atoms with Gasteiger partial charge in [0.15, 0.2) is 0 Å². The number of amides is 2. The highest BCUT2D eigenvalue weighted by molar-refractivity contribution is 5.90. The van der Waals surface area contributed by atoms with E-state index < -0.39 is 0 Å². The number of pyridine rings is 1. The molecular weight excluding hydrogens is 293 g/mol. The fraction of sp³-hybridized carbons (Fsp3) is 0.333. The summed E-state index contributed by atoms with van der Waals surface area (Å²) in [5.74, 6) is -0.371. The molecule has 1 N–H and O–H groups in total. The van der Waals surface area contributed by atoms with Crippen LogP contribution in [0.5, 0.6) is 0 Å². The molecule has 1 aliphatic heterocycles. The maximum absolute atomic E-state index is 13.4. The molecule has 2 amide bonds. The van der Waals surface area contributed by atoms with E-state index in [-0.39, 0.29) is 11.8 Å². The van der Waals surface area contributed by atoms with Crippen LogP contribution in [0.1, 0.15) is 24.8 Å². The summed E-state index contributed by atoms with van der Waals surface area (Å²) in [6, 6.07) is 7.04. The van der Waals surface area contributed by atoms with Crippen molar-refractivity contribution in [1.29, 1.82) is 0 Å². The maximum Gasteiger partial charge on any atom is 0.321 e. The van der Waals surface area contributed by atoms with Crippen molar-refractivity contribution in [3.8, 4) is 11.1 Å². The van der Waals surface area contributed by atoms with Crippen LogP contribution in [-0.2, 0) is 0 Å². The van der Waals surface area contributed by atoms with E-state index in [9.17, 15) is 9.18 Å². The van der Waals surface area contributed by atoms with Crippen LogP contribution in [0.2, 0.25) is 0 Å². The smallest absolute Gasteiger partial charge is 0.321 e. The number of carbonyl (C=O) groups is 1. The van der Waals surface area contributed by atoms with Gasteiger partial charge in [-0.3, -0.25) is 4.98 Å². The monoisotopic (exact) mass is 313 g/mol. The first-order chi connectivity index (χ1) is 11.1. The molecule has 5 heteroatoms. The van der Waals surface area contributed by atoms with Crippen molar-refractivity contribution in [1.82, 2.24) is 9.88 Å². The standard InChI is InChI=1S/C18H20FN3O/c1-13-5-6-16(21-18(23)22-7-3-2-4-8-22)10-17(13)14-9-15(19)12-20-11-14/h5-6,9-12H,2-4,7-8H2,1H3,(H,21,23). The topological polar surface area (TPSA) is 45.2 Å². The van der Waals surface area contributed by atoms with Crippen LogP contribution in [0.3, 0.4) is 0 Å². The highest BCUT2D eigenvalue weighted by Crippen LogP contribution is 2.26. The van der Waals surface area contributed by atoms with E-state index >= 15 is 0 Å². The highest BCUT2D eigenvalue weighted by atomic mass is 19.1. The van der Waals surface area contributed by atoms with E-state index in [1.54, 1.807) is 6.20 Å². The molecule has 0 radical (unpaired) electrons. The first-order valence-electron chi connectivity index (χ1n) is 7.91. The SMILES string of the molecule is Cc1ccc(NC(=O)N2CCCCC2)cc1-c1cncc(F)c1. The Bertz CT molecular complexity index is 711. The van der Waals surface area contributed by atoms with E-state index in [2.05, 4.69) is 10.3 Å². The van der Waals surface area contributed by atoms with Gasteiger partial charge in [-0.1, -0.05) is 6.07 Å². The lowest BCUT2D eigenvalue weighted by Crippen LogP contribution is -2.38. The predicted molar refractivity (Wildman–Crippen MR) is 88.8 cm³/mol. The predicted octanol–water partition coefficient (Wildman–Crippen LogP) is 4.21. The van der Waals surface area contributed by atoms with Gasteiger partial charge in [-0.15, -0.1) is 0 Å². The second-order valence-corrected chi connectivity index (χ2v) is 5.90. The van der Waals surface area contributed by atoms with Gasteiger partial charge in [0.2, 0.25) is 0 Å². The molecule has 0 atom stereocenters. The van der Waals surface area contributed by atoms with E-state index in [0.717, 1.165) is 37.1 Å². The molecule has 0 bridgehead atoms. The summed E-state index contributed by atoms with van der Waals surface area (Å²) < 4.78 is 13.4. The summed E-state index contributed by atoms with van der Waals surface area (Å²) in [5.41, 5.74) is 3.30. The summed E-state index contributed by atoms with van der Waals surface area (Å²) in [4.78, 5) is 18.0. The van der Waals surface area contributed by atoms with Gasteiger partial charge >= 0.3 is 6.03 Å². The number of nitrogens with one attached hydrogen (secondary N) is 1. The maximum atomic E-state index is 13.4. The lowest BCUT2D eigenvalue weighted by molar-refractivity contribution is 0.200. The van der Waals surface area contributed by atoms with Crippen molar-refractivity contribution in [2.24, 2.45) is 0 Å². The number of urea groups is 1. The molecule has 0 aliphatic carbocycles. The fourth-order valence-electron chi connectivity index (χ4n) is 2.87. The minimum Gasteiger partial charge on any atom is -0.325 e. The van der Waals surface area contributed by atoms with Crippen molar-refractivity contribution in [2.45, 2.75) is 26.2 Å². The van der Waals surface area contributed by atoms with Crippen LogP contribution in [-0.4, -0.2) is 29.0 Å². The first-order valence-corrected chi connectivity index (χ1v) is 7.91. The van der Waals surface area contributed by atoms with Crippen molar-refractivity contribution in [2.75, 3.05) is 18.4 Å². The first kappa shape index (κ1) is 15.5. The third-order valence-electron chi connectivity index (χ3n) is 4.15. The van der Waals surface area contributed by atoms with E-state index in [4.69, 9.17) is 0 Å². The Morgan fingerprint density at radius 1 is 1.17 bits per heavy atom. The average Bonchev–Trinajstić information content (AvgIpc) is 2.57. The van der Waals surface area contributed by atoms with Crippen LogP contribution in [0.25, 0.3) is 11.1 Å². The van der Waals surface area contributed by atoms with Gasteiger partial charge in [-0.05, 0) is 55.5 Å². The molecule has 120 valence electrons. The number of carbonyl (C=O) groups excluding carboxylic acids is 1. The number of aromatic nitrogens is 1. The Kier molecular flexibility index (Phi) is 4.55. The molecule has 3 rings (SSSR count). The number of nitrogens with zero attached hydrogens (tertiary/aromatic N) is 2. The Hall–Kier alpha value is -2.43. The van der Waals surface area contributed by atoms with Crippen LogP contribution in [0.4, 0.5) is 14.9 Å². The summed E-state index contributed by atoms with van der Waals surface area (Å²) in [7, 11) is 0. The molecule has 1 aromatic heterocycles. The number of likely N-dealkylation sites (tertiary alicyclic amines) is 1. The van der Waals surface area contributed by atoms with E-state index in [1.807, 2.05) is 30.0 Å². The second kappa shape index (κ2) is 6.77. The molecule has 2 aromatic rings. The van der Waals surface area contributed by atoms with Crippen LogP contribution in [0.15, 0.2) is 36.7 Å². The number of hydrogen-bond acceptors (Lipinski definition) is 2. The van der Waals surface area contributed by atoms with Crippen molar-refractivity contribution >= 4 is 11.7 Å². The lowest BCUT2D eigenvalue weighted by atomic mass is 10.0. The third-order valence-corrected chi connectivity index (χ3v) is 4.15. The fourth-order valence-corrected chi connectivity index (χ4v) is 2.87. The average molecular weight is 313 g/mol. The Balaban J connectivity index is 1.81. The number of halogens is 1. The summed E-state index contributed by atoms with van der Waals surface area (Å²) in [5, 5.41) is 2.94. The van der Waals surface area contributed by atoms with Crippen LogP contribution < -0.4 is 5.32 Å². The van der Waals surface area contributed by atoms with Gasteiger partial charge < -0.3 is 10.2 Å². The van der Waals surface area contributed by atoms with Gasteiger partial charge in [-0.2, -0.15) is 0 Å². The Morgan fingerprint density at radius 3 is 2.70 bits per heavy atom. The highest BCUT2D eigenvalue weighted by Gasteiger charge is 2.16. The Morgan fingerprint density at radius 2 is 1.96 bits per heavy atom. The zero-order chi connectivity index (χ0) is 16.2. The van der Waals surface area contributed by atoms with Crippen molar-refractivity contribution in [3.05, 3.63) is 48.0 Å². The molecule has 1 aromatic carbocycles. The number of aryl methyl sites for hydroxylation is 1. The molecule has 1 saturated heterocycles. The van der Waals surface area contributed by atoms with E-state index in [0.29, 0.717) is 11.3 Å². The van der Waals surface area contributed by atoms with Crippen molar-refractivity contribution in [3.63, 3.8) is 0 Å². The zero-order valence-corrected chi connectivity index (χ0v) is 13.2. The minimum atomic E-state index is -0.371. The summed E-state index contributed by atoms with van der Waals surface area (Å²) in [6.07, 6.45) is 6.11. The molecule has 23 heavy (non-hydrogen) atoms. The van der Waals surface area contributed by atoms with Crippen LogP contribution >= 0.6 is 0 Å².